The first-order valence-corrected chi connectivity index (χ1v) is 9.18. The number of rotatable bonds is 6. The first-order valence-electron chi connectivity index (χ1n) is 9.18. The van der Waals surface area contributed by atoms with Crippen LogP contribution >= 0.6 is 24.0 Å². The number of hydrogen-bond acceptors (Lipinski definition) is 5. The lowest BCUT2D eigenvalue weighted by Crippen LogP contribution is -2.44. The van der Waals surface area contributed by atoms with Crippen LogP contribution in [0, 0.1) is 5.82 Å². The molecular formula is C20H27FIN5O2. The van der Waals surface area contributed by atoms with Crippen molar-refractivity contribution >= 4 is 35.8 Å². The van der Waals surface area contributed by atoms with E-state index in [-0.39, 0.29) is 35.8 Å². The number of halogens is 2. The minimum Gasteiger partial charge on any atom is -0.493 e. The van der Waals surface area contributed by atoms with Gasteiger partial charge in [0.1, 0.15) is 0 Å². The van der Waals surface area contributed by atoms with Gasteiger partial charge in [0.15, 0.2) is 29.1 Å². The van der Waals surface area contributed by atoms with E-state index in [2.05, 4.69) is 20.6 Å². The molecule has 1 aromatic heterocycles. The summed E-state index contributed by atoms with van der Waals surface area (Å²) in [6, 6.07) is 8.99. The van der Waals surface area contributed by atoms with Gasteiger partial charge in [-0.25, -0.2) is 9.37 Å². The standard InChI is InChI=1S/C20H26FN5O2.HI/c1-22-20(24-12-14-6-7-17(27-2)18(11-14)28-3)25-15-8-10-26(13-15)19-16(21)5-4-9-23-19;/h4-7,9,11,15H,8,10,12-13H2,1-3H3,(H2,22,24,25);1H. The molecule has 0 radical (unpaired) electrons. The molecule has 9 heteroatoms. The van der Waals surface area contributed by atoms with Crippen molar-refractivity contribution in [2.24, 2.45) is 4.99 Å². The van der Waals surface area contributed by atoms with Crippen molar-refractivity contribution < 1.29 is 13.9 Å². The molecule has 0 bridgehead atoms. The summed E-state index contributed by atoms with van der Waals surface area (Å²) in [4.78, 5) is 10.4. The second-order valence-corrected chi connectivity index (χ2v) is 6.50. The maximum atomic E-state index is 13.9. The van der Waals surface area contributed by atoms with Crippen LogP contribution in [0.5, 0.6) is 11.5 Å². The molecule has 0 spiro atoms. The van der Waals surface area contributed by atoms with Crippen molar-refractivity contribution in [3.63, 3.8) is 0 Å². The van der Waals surface area contributed by atoms with Gasteiger partial charge in [0.25, 0.3) is 0 Å². The van der Waals surface area contributed by atoms with Crippen LogP contribution < -0.4 is 25.0 Å². The molecule has 1 saturated heterocycles. The molecule has 1 aromatic carbocycles. The third-order valence-electron chi connectivity index (χ3n) is 4.70. The Bertz CT molecular complexity index is 836. The predicted molar refractivity (Wildman–Crippen MR) is 123 cm³/mol. The molecule has 158 valence electrons. The molecule has 29 heavy (non-hydrogen) atoms. The maximum absolute atomic E-state index is 13.9. The molecule has 1 unspecified atom stereocenters. The van der Waals surface area contributed by atoms with E-state index in [4.69, 9.17) is 9.47 Å². The third kappa shape index (κ3) is 5.84. The Kier molecular flexibility index (Phi) is 8.74. The number of nitrogens with zero attached hydrogens (tertiary/aromatic N) is 3. The summed E-state index contributed by atoms with van der Waals surface area (Å²) in [6.07, 6.45) is 2.50. The van der Waals surface area contributed by atoms with Crippen molar-refractivity contribution in [3.05, 3.63) is 47.9 Å². The molecule has 2 heterocycles. The minimum atomic E-state index is -0.292. The molecule has 1 atom stereocenters. The molecule has 0 amide bonds. The molecule has 0 saturated carbocycles. The molecule has 1 aliphatic rings. The largest absolute Gasteiger partial charge is 0.493 e. The SMILES string of the molecule is CN=C(NCc1ccc(OC)c(OC)c1)NC1CCN(c2ncccc2F)C1.I. The Morgan fingerprint density at radius 3 is 2.76 bits per heavy atom. The number of aromatic nitrogens is 1. The van der Waals surface area contributed by atoms with Crippen molar-refractivity contribution in [1.29, 1.82) is 0 Å². The highest BCUT2D eigenvalue weighted by atomic mass is 127. The third-order valence-corrected chi connectivity index (χ3v) is 4.70. The number of methoxy groups -OCH3 is 2. The minimum absolute atomic E-state index is 0. The maximum Gasteiger partial charge on any atom is 0.191 e. The van der Waals surface area contributed by atoms with Crippen LogP contribution in [0.2, 0.25) is 0 Å². The van der Waals surface area contributed by atoms with Gasteiger partial charge in [0.2, 0.25) is 0 Å². The number of anilines is 1. The van der Waals surface area contributed by atoms with Gasteiger partial charge >= 0.3 is 0 Å². The fraction of sp³-hybridized carbons (Fsp3) is 0.400. The van der Waals surface area contributed by atoms with Gasteiger partial charge in [-0.1, -0.05) is 6.07 Å². The zero-order chi connectivity index (χ0) is 19.9. The average molecular weight is 515 g/mol. The molecule has 3 rings (SSSR count). The topological polar surface area (TPSA) is 71.0 Å². The monoisotopic (exact) mass is 515 g/mol. The highest BCUT2D eigenvalue weighted by Gasteiger charge is 2.25. The normalized spacial score (nSPS) is 16.2. The van der Waals surface area contributed by atoms with Crippen LogP contribution in [0.4, 0.5) is 10.2 Å². The van der Waals surface area contributed by atoms with E-state index < -0.39 is 0 Å². The van der Waals surface area contributed by atoms with Gasteiger partial charge in [-0.15, -0.1) is 24.0 Å². The second-order valence-electron chi connectivity index (χ2n) is 6.50. The summed E-state index contributed by atoms with van der Waals surface area (Å²) in [5.41, 5.74) is 1.05. The van der Waals surface area contributed by atoms with Crippen LogP contribution in [-0.2, 0) is 6.54 Å². The smallest absolute Gasteiger partial charge is 0.191 e. The molecule has 0 aliphatic carbocycles. The molecule has 1 fully saturated rings. The fourth-order valence-electron chi connectivity index (χ4n) is 3.24. The Morgan fingerprint density at radius 1 is 1.28 bits per heavy atom. The first-order chi connectivity index (χ1) is 13.6. The lowest BCUT2D eigenvalue weighted by atomic mass is 10.2. The first kappa shape index (κ1) is 23.0. The van der Waals surface area contributed by atoms with E-state index in [0.717, 1.165) is 18.5 Å². The van der Waals surface area contributed by atoms with Gasteiger partial charge in [0, 0.05) is 38.9 Å². The van der Waals surface area contributed by atoms with Gasteiger partial charge in [-0.05, 0) is 36.2 Å². The lowest BCUT2D eigenvalue weighted by molar-refractivity contribution is 0.354. The van der Waals surface area contributed by atoms with Crippen LogP contribution in [0.3, 0.4) is 0 Å². The Hall–Kier alpha value is -2.30. The summed E-state index contributed by atoms with van der Waals surface area (Å²) < 4.78 is 24.5. The average Bonchev–Trinajstić information content (AvgIpc) is 3.19. The molecule has 2 N–H and O–H groups in total. The lowest BCUT2D eigenvalue weighted by Gasteiger charge is -2.20. The van der Waals surface area contributed by atoms with Crippen molar-refractivity contribution in [3.8, 4) is 11.5 Å². The highest BCUT2D eigenvalue weighted by molar-refractivity contribution is 14.0. The van der Waals surface area contributed by atoms with Gasteiger partial charge in [-0.3, -0.25) is 4.99 Å². The van der Waals surface area contributed by atoms with Crippen molar-refractivity contribution in [1.82, 2.24) is 15.6 Å². The molecule has 7 nitrogen and oxygen atoms in total. The predicted octanol–water partition coefficient (Wildman–Crippen LogP) is 2.80. The number of nitrogens with one attached hydrogen (secondary N) is 2. The molecule has 1 aliphatic heterocycles. The summed E-state index contributed by atoms with van der Waals surface area (Å²) >= 11 is 0. The van der Waals surface area contributed by atoms with E-state index in [1.807, 2.05) is 23.1 Å². The van der Waals surface area contributed by atoms with E-state index in [1.165, 1.54) is 6.07 Å². The fourth-order valence-corrected chi connectivity index (χ4v) is 3.24. The number of ether oxygens (including phenoxy) is 2. The molecular weight excluding hydrogens is 488 g/mol. The zero-order valence-corrected chi connectivity index (χ0v) is 19.1. The van der Waals surface area contributed by atoms with Crippen LogP contribution in [-0.4, -0.2) is 51.3 Å². The Balaban J connectivity index is 0.00000300. The Morgan fingerprint density at radius 2 is 2.07 bits per heavy atom. The van der Waals surface area contributed by atoms with Crippen molar-refractivity contribution in [2.75, 3.05) is 39.3 Å². The number of benzene rings is 1. The van der Waals surface area contributed by atoms with Crippen molar-refractivity contribution in [2.45, 2.75) is 19.0 Å². The summed E-state index contributed by atoms with van der Waals surface area (Å²) in [7, 11) is 4.96. The zero-order valence-electron chi connectivity index (χ0n) is 16.8. The number of guanidine groups is 1. The van der Waals surface area contributed by atoms with Crippen LogP contribution in [0.25, 0.3) is 0 Å². The van der Waals surface area contributed by atoms with Crippen LogP contribution in [0.1, 0.15) is 12.0 Å². The second kappa shape index (κ2) is 11.0. The van der Waals surface area contributed by atoms with E-state index >= 15 is 0 Å². The molecule has 2 aromatic rings. The summed E-state index contributed by atoms with van der Waals surface area (Å²) in [5, 5.41) is 6.70. The van der Waals surface area contributed by atoms with E-state index in [1.54, 1.807) is 33.5 Å². The van der Waals surface area contributed by atoms with E-state index in [9.17, 15) is 4.39 Å². The highest BCUT2D eigenvalue weighted by Crippen LogP contribution is 2.27. The summed E-state index contributed by atoms with van der Waals surface area (Å²) in [5.74, 6) is 2.19. The number of aliphatic imine (C=N–C) groups is 1. The van der Waals surface area contributed by atoms with Gasteiger partial charge in [0.05, 0.1) is 14.2 Å². The van der Waals surface area contributed by atoms with Gasteiger partial charge < -0.3 is 25.0 Å². The quantitative estimate of drug-likeness (QED) is 0.351. The number of pyridine rings is 1. The van der Waals surface area contributed by atoms with Crippen LogP contribution in [0.15, 0.2) is 41.5 Å². The van der Waals surface area contributed by atoms with Gasteiger partial charge in [-0.2, -0.15) is 0 Å². The van der Waals surface area contributed by atoms with E-state index in [0.29, 0.717) is 36.4 Å². The summed E-state index contributed by atoms with van der Waals surface area (Å²) in [6.45, 7) is 2.01. The number of hydrogen-bond donors (Lipinski definition) is 2. The Labute approximate surface area is 187 Å².